The highest BCUT2D eigenvalue weighted by molar-refractivity contribution is 5.48. The molecule has 3 heteroatoms. The smallest absolute Gasteiger partial charge is 0.0595 e. The standard InChI is InChI=1S/C14H22N2O/c1-11-3-4-12(9-14(11)15)10-16-7-5-13(17-2)6-8-16/h3-4,9,13H,5-8,10,15H2,1-2H3. The third-order valence-corrected chi connectivity index (χ3v) is 3.62. The second-order valence-electron chi connectivity index (χ2n) is 4.90. The van der Waals surface area contributed by atoms with Crippen LogP contribution in [-0.2, 0) is 11.3 Å². The van der Waals surface area contributed by atoms with Crippen LogP contribution < -0.4 is 5.73 Å². The van der Waals surface area contributed by atoms with E-state index in [1.165, 1.54) is 5.56 Å². The quantitative estimate of drug-likeness (QED) is 0.815. The number of aryl methyl sites for hydroxylation is 1. The Kier molecular flexibility index (Phi) is 4.02. The monoisotopic (exact) mass is 234 g/mol. The third kappa shape index (κ3) is 3.20. The summed E-state index contributed by atoms with van der Waals surface area (Å²) < 4.78 is 5.38. The van der Waals surface area contributed by atoms with Gasteiger partial charge in [0.25, 0.3) is 0 Å². The number of nitrogens with zero attached hydrogens (tertiary/aromatic N) is 1. The van der Waals surface area contributed by atoms with Gasteiger partial charge in [-0.2, -0.15) is 0 Å². The molecule has 0 spiro atoms. The zero-order valence-corrected chi connectivity index (χ0v) is 10.8. The molecule has 0 unspecified atom stereocenters. The Balaban J connectivity index is 1.91. The molecule has 0 bridgehead atoms. The summed E-state index contributed by atoms with van der Waals surface area (Å²) in [4.78, 5) is 2.47. The Bertz CT molecular complexity index is 370. The summed E-state index contributed by atoms with van der Waals surface area (Å²) in [5, 5.41) is 0. The normalized spacial score (nSPS) is 18.5. The van der Waals surface area contributed by atoms with Crippen LogP contribution in [0.1, 0.15) is 24.0 Å². The van der Waals surface area contributed by atoms with Crippen LogP contribution in [0.3, 0.4) is 0 Å². The van der Waals surface area contributed by atoms with Crippen LogP contribution in [0.25, 0.3) is 0 Å². The Morgan fingerprint density at radius 3 is 2.65 bits per heavy atom. The number of rotatable bonds is 3. The first kappa shape index (κ1) is 12.4. The Morgan fingerprint density at radius 1 is 1.35 bits per heavy atom. The number of hydrogen-bond donors (Lipinski definition) is 1. The van der Waals surface area contributed by atoms with Gasteiger partial charge in [0.1, 0.15) is 0 Å². The van der Waals surface area contributed by atoms with Gasteiger partial charge in [0, 0.05) is 32.4 Å². The molecule has 0 aromatic heterocycles. The molecule has 0 amide bonds. The van der Waals surface area contributed by atoms with Crippen LogP contribution in [0, 0.1) is 6.92 Å². The van der Waals surface area contributed by atoms with Crippen molar-refractivity contribution in [2.24, 2.45) is 0 Å². The molecular formula is C14H22N2O. The molecule has 0 radical (unpaired) electrons. The van der Waals surface area contributed by atoms with Gasteiger partial charge in [0.2, 0.25) is 0 Å². The van der Waals surface area contributed by atoms with E-state index < -0.39 is 0 Å². The minimum Gasteiger partial charge on any atom is -0.399 e. The van der Waals surface area contributed by atoms with Crippen molar-refractivity contribution >= 4 is 5.69 Å². The highest BCUT2D eigenvalue weighted by Crippen LogP contribution is 2.18. The van der Waals surface area contributed by atoms with Gasteiger partial charge in [-0.25, -0.2) is 0 Å². The van der Waals surface area contributed by atoms with E-state index in [1.807, 2.05) is 6.92 Å². The maximum Gasteiger partial charge on any atom is 0.0595 e. The summed E-state index contributed by atoms with van der Waals surface area (Å²) in [5.74, 6) is 0. The lowest BCUT2D eigenvalue weighted by Gasteiger charge is -2.31. The van der Waals surface area contributed by atoms with Crippen molar-refractivity contribution in [3.8, 4) is 0 Å². The van der Waals surface area contributed by atoms with E-state index in [4.69, 9.17) is 10.5 Å². The highest BCUT2D eigenvalue weighted by Gasteiger charge is 2.18. The van der Waals surface area contributed by atoms with Crippen LogP contribution in [-0.4, -0.2) is 31.2 Å². The number of nitrogens with two attached hydrogens (primary N) is 1. The maximum absolute atomic E-state index is 5.93. The number of nitrogen functional groups attached to an aromatic ring is 1. The van der Waals surface area contributed by atoms with Gasteiger partial charge in [-0.15, -0.1) is 0 Å². The largest absolute Gasteiger partial charge is 0.399 e. The zero-order valence-electron chi connectivity index (χ0n) is 10.8. The van der Waals surface area contributed by atoms with Crippen LogP contribution in [0.4, 0.5) is 5.69 Å². The van der Waals surface area contributed by atoms with E-state index in [-0.39, 0.29) is 0 Å². The predicted octanol–water partition coefficient (Wildman–Crippen LogP) is 2.19. The summed E-state index contributed by atoms with van der Waals surface area (Å²) in [6.45, 7) is 5.28. The van der Waals surface area contributed by atoms with Gasteiger partial charge < -0.3 is 10.5 Å². The zero-order chi connectivity index (χ0) is 12.3. The van der Waals surface area contributed by atoms with E-state index in [0.29, 0.717) is 6.10 Å². The molecule has 17 heavy (non-hydrogen) atoms. The molecule has 94 valence electrons. The fraction of sp³-hybridized carbons (Fsp3) is 0.571. The Labute approximate surface area is 104 Å². The molecule has 2 rings (SSSR count). The van der Waals surface area contributed by atoms with E-state index in [9.17, 15) is 0 Å². The average molecular weight is 234 g/mol. The minimum atomic E-state index is 0.453. The van der Waals surface area contributed by atoms with Gasteiger partial charge in [0.05, 0.1) is 6.10 Å². The lowest BCUT2D eigenvalue weighted by atomic mass is 10.1. The van der Waals surface area contributed by atoms with Crippen LogP contribution in [0.2, 0.25) is 0 Å². The molecule has 0 atom stereocenters. The van der Waals surface area contributed by atoms with Crippen molar-refractivity contribution in [2.45, 2.75) is 32.4 Å². The van der Waals surface area contributed by atoms with Crippen LogP contribution in [0.15, 0.2) is 18.2 Å². The third-order valence-electron chi connectivity index (χ3n) is 3.62. The lowest BCUT2D eigenvalue weighted by molar-refractivity contribution is 0.0389. The molecule has 1 aromatic rings. The Hall–Kier alpha value is -1.06. The summed E-state index contributed by atoms with van der Waals surface area (Å²) >= 11 is 0. The molecule has 0 aliphatic carbocycles. The molecule has 1 heterocycles. The molecular weight excluding hydrogens is 212 g/mol. The average Bonchev–Trinajstić information content (AvgIpc) is 2.35. The number of hydrogen-bond acceptors (Lipinski definition) is 3. The van der Waals surface area contributed by atoms with Crippen molar-refractivity contribution in [1.29, 1.82) is 0 Å². The molecule has 3 nitrogen and oxygen atoms in total. The first-order chi connectivity index (χ1) is 8.19. The first-order valence-corrected chi connectivity index (χ1v) is 6.29. The van der Waals surface area contributed by atoms with Crippen LogP contribution in [0.5, 0.6) is 0 Å². The molecule has 1 fully saturated rings. The van der Waals surface area contributed by atoms with Gasteiger partial charge >= 0.3 is 0 Å². The van der Waals surface area contributed by atoms with Gasteiger partial charge in [0.15, 0.2) is 0 Å². The van der Waals surface area contributed by atoms with E-state index in [2.05, 4.69) is 23.1 Å². The molecule has 1 aromatic carbocycles. The second-order valence-corrected chi connectivity index (χ2v) is 4.90. The van der Waals surface area contributed by atoms with Crippen molar-refractivity contribution < 1.29 is 4.74 Å². The number of likely N-dealkylation sites (tertiary alicyclic amines) is 1. The van der Waals surface area contributed by atoms with E-state index in [0.717, 1.165) is 43.7 Å². The summed E-state index contributed by atoms with van der Waals surface area (Å²) in [6, 6.07) is 6.37. The van der Waals surface area contributed by atoms with Crippen LogP contribution >= 0.6 is 0 Å². The van der Waals surface area contributed by atoms with Gasteiger partial charge in [-0.3, -0.25) is 4.90 Å². The SMILES string of the molecule is COC1CCN(Cc2ccc(C)c(N)c2)CC1. The first-order valence-electron chi connectivity index (χ1n) is 6.29. The maximum atomic E-state index is 5.93. The Morgan fingerprint density at radius 2 is 2.06 bits per heavy atom. The second kappa shape index (κ2) is 5.52. The van der Waals surface area contributed by atoms with Crippen molar-refractivity contribution in [3.63, 3.8) is 0 Å². The highest BCUT2D eigenvalue weighted by atomic mass is 16.5. The number of anilines is 1. The van der Waals surface area contributed by atoms with E-state index >= 15 is 0 Å². The topological polar surface area (TPSA) is 38.5 Å². The van der Waals surface area contributed by atoms with E-state index in [1.54, 1.807) is 7.11 Å². The predicted molar refractivity (Wildman–Crippen MR) is 70.9 cm³/mol. The molecule has 1 saturated heterocycles. The van der Waals surface area contributed by atoms with Crippen molar-refractivity contribution in [1.82, 2.24) is 4.90 Å². The number of benzene rings is 1. The number of piperidine rings is 1. The molecule has 0 saturated carbocycles. The summed E-state index contributed by atoms with van der Waals surface area (Å²) in [6.07, 6.45) is 2.73. The molecule has 1 aliphatic heterocycles. The fourth-order valence-electron chi connectivity index (χ4n) is 2.35. The fourth-order valence-corrected chi connectivity index (χ4v) is 2.35. The number of ether oxygens (including phenoxy) is 1. The number of methoxy groups -OCH3 is 1. The van der Waals surface area contributed by atoms with Gasteiger partial charge in [-0.1, -0.05) is 12.1 Å². The van der Waals surface area contributed by atoms with Gasteiger partial charge in [-0.05, 0) is 37.0 Å². The minimum absolute atomic E-state index is 0.453. The lowest BCUT2D eigenvalue weighted by Crippen LogP contribution is -2.36. The van der Waals surface area contributed by atoms with Crippen molar-refractivity contribution in [2.75, 3.05) is 25.9 Å². The molecule has 1 aliphatic rings. The summed E-state index contributed by atoms with van der Waals surface area (Å²) in [5.41, 5.74) is 9.30. The summed E-state index contributed by atoms with van der Waals surface area (Å²) in [7, 11) is 1.81. The van der Waals surface area contributed by atoms with Crippen molar-refractivity contribution in [3.05, 3.63) is 29.3 Å². The molecule has 2 N–H and O–H groups in total.